The third-order valence-corrected chi connectivity index (χ3v) is 9.42. The number of carboxylic acids is 1. The SMILES string of the molecule is C[C@]12CCC(=O)C=C1CC[C@@H]1[C@H]2[C@@H](O)C[C@@]2(C)[C@H]1CC[C@]2(O)C(=O)COC(=O)CCC(=O)O.O. The lowest BCUT2D eigenvalue weighted by atomic mass is 9.45. The molecular formula is C25H36O9. The Morgan fingerprint density at radius 3 is 2.50 bits per heavy atom. The molecule has 3 saturated carbocycles. The summed E-state index contributed by atoms with van der Waals surface area (Å²) in [7, 11) is 0. The summed E-state index contributed by atoms with van der Waals surface area (Å²) in [5.74, 6) is -2.20. The van der Waals surface area contributed by atoms with Gasteiger partial charge < -0.3 is 25.5 Å². The van der Waals surface area contributed by atoms with E-state index in [2.05, 4.69) is 6.92 Å². The second kappa shape index (κ2) is 9.17. The summed E-state index contributed by atoms with van der Waals surface area (Å²) in [5.41, 5.74) is -1.68. The van der Waals surface area contributed by atoms with E-state index in [0.29, 0.717) is 12.8 Å². The highest BCUT2D eigenvalue weighted by Gasteiger charge is 2.68. The van der Waals surface area contributed by atoms with Gasteiger partial charge in [0.05, 0.1) is 18.9 Å². The zero-order chi connectivity index (χ0) is 24.2. The van der Waals surface area contributed by atoms with E-state index in [1.54, 1.807) is 6.08 Å². The van der Waals surface area contributed by atoms with E-state index in [1.165, 1.54) is 0 Å². The molecule has 0 heterocycles. The van der Waals surface area contributed by atoms with Gasteiger partial charge in [0.25, 0.3) is 0 Å². The fourth-order valence-corrected chi connectivity index (χ4v) is 7.70. The molecule has 9 nitrogen and oxygen atoms in total. The zero-order valence-electron chi connectivity index (χ0n) is 19.8. The smallest absolute Gasteiger partial charge is 0.306 e. The van der Waals surface area contributed by atoms with Crippen LogP contribution in [0, 0.1) is 28.6 Å². The molecule has 5 N–H and O–H groups in total. The number of carbonyl (C=O) groups is 4. The number of aliphatic carboxylic acids is 1. The monoisotopic (exact) mass is 480 g/mol. The first-order chi connectivity index (χ1) is 15.4. The summed E-state index contributed by atoms with van der Waals surface area (Å²) in [4.78, 5) is 47.5. The fraction of sp³-hybridized carbons (Fsp3) is 0.760. The number of fused-ring (bicyclic) bond motifs is 5. The van der Waals surface area contributed by atoms with E-state index in [-0.39, 0.29) is 60.1 Å². The van der Waals surface area contributed by atoms with Crippen LogP contribution in [0.25, 0.3) is 0 Å². The molecule has 0 aromatic carbocycles. The van der Waals surface area contributed by atoms with Crippen molar-refractivity contribution in [2.75, 3.05) is 6.61 Å². The number of carbonyl (C=O) groups excluding carboxylic acids is 3. The number of esters is 1. The first kappa shape index (κ1) is 26.5. The van der Waals surface area contributed by atoms with Crippen LogP contribution in [0.4, 0.5) is 0 Å². The van der Waals surface area contributed by atoms with Crippen molar-refractivity contribution in [1.29, 1.82) is 0 Å². The Labute approximate surface area is 198 Å². The van der Waals surface area contributed by atoms with E-state index < -0.39 is 41.4 Å². The molecule has 9 heteroatoms. The lowest BCUT2D eigenvalue weighted by Crippen LogP contribution is -2.62. The number of ether oxygens (including phenoxy) is 1. The average Bonchev–Trinajstić information content (AvgIpc) is 3.02. The number of allylic oxidation sites excluding steroid dienone is 1. The van der Waals surface area contributed by atoms with E-state index in [4.69, 9.17) is 9.84 Å². The van der Waals surface area contributed by atoms with Gasteiger partial charge in [-0.15, -0.1) is 0 Å². The Kier molecular flexibility index (Phi) is 7.14. The van der Waals surface area contributed by atoms with Crippen LogP contribution in [0.5, 0.6) is 0 Å². The summed E-state index contributed by atoms with van der Waals surface area (Å²) in [6, 6.07) is 0. The Hall–Kier alpha value is -2.10. The number of Topliss-reactive ketones (excluding diaryl/α,β-unsaturated/α-hetero) is 1. The van der Waals surface area contributed by atoms with E-state index >= 15 is 0 Å². The van der Waals surface area contributed by atoms with Gasteiger partial charge >= 0.3 is 11.9 Å². The second-order valence-corrected chi connectivity index (χ2v) is 11.0. The minimum Gasteiger partial charge on any atom is -0.481 e. The zero-order valence-corrected chi connectivity index (χ0v) is 19.8. The molecule has 0 unspecified atom stereocenters. The molecule has 0 aromatic rings. The molecule has 0 saturated heterocycles. The van der Waals surface area contributed by atoms with Gasteiger partial charge in [-0.25, -0.2) is 0 Å². The Morgan fingerprint density at radius 2 is 1.82 bits per heavy atom. The molecule has 0 spiro atoms. The number of hydrogen-bond donors (Lipinski definition) is 3. The van der Waals surface area contributed by atoms with Gasteiger partial charge in [0.2, 0.25) is 5.78 Å². The number of aliphatic hydroxyl groups is 2. The number of aliphatic hydroxyl groups excluding tert-OH is 1. The van der Waals surface area contributed by atoms with Crippen LogP contribution in [0.3, 0.4) is 0 Å². The number of ketones is 2. The lowest BCUT2D eigenvalue weighted by molar-refractivity contribution is -0.184. The molecule has 4 aliphatic rings. The Morgan fingerprint density at radius 1 is 1.12 bits per heavy atom. The van der Waals surface area contributed by atoms with Crippen LogP contribution in [-0.2, 0) is 23.9 Å². The normalized spacial score (nSPS) is 40.7. The van der Waals surface area contributed by atoms with E-state index in [9.17, 15) is 29.4 Å². The van der Waals surface area contributed by atoms with Crippen molar-refractivity contribution in [3.8, 4) is 0 Å². The summed E-state index contributed by atoms with van der Waals surface area (Å²) < 4.78 is 4.97. The topological polar surface area (TPSA) is 170 Å². The van der Waals surface area contributed by atoms with Crippen LogP contribution in [0.15, 0.2) is 11.6 Å². The molecule has 0 bridgehead atoms. The minimum atomic E-state index is -1.71. The molecule has 0 amide bonds. The van der Waals surface area contributed by atoms with Gasteiger partial charge in [-0.1, -0.05) is 19.4 Å². The summed E-state index contributed by atoms with van der Waals surface area (Å²) in [6.07, 6.45) is 4.30. The van der Waals surface area contributed by atoms with Crippen LogP contribution < -0.4 is 0 Å². The molecular weight excluding hydrogens is 444 g/mol. The highest BCUT2D eigenvalue weighted by molar-refractivity contribution is 5.92. The fourth-order valence-electron chi connectivity index (χ4n) is 7.70. The number of carboxylic acid groups (broad SMARTS) is 1. The molecule has 4 rings (SSSR count). The third-order valence-electron chi connectivity index (χ3n) is 9.42. The number of hydrogen-bond acceptors (Lipinski definition) is 7. The third kappa shape index (κ3) is 4.01. The van der Waals surface area contributed by atoms with Gasteiger partial charge in [-0.3, -0.25) is 19.2 Å². The maximum atomic E-state index is 13.1. The maximum absolute atomic E-state index is 13.1. The first-order valence-corrected chi connectivity index (χ1v) is 12.0. The van der Waals surface area contributed by atoms with Crippen LogP contribution >= 0.6 is 0 Å². The second-order valence-electron chi connectivity index (χ2n) is 11.0. The van der Waals surface area contributed by atoms with Crippen LogP contribution in [0.1, 0.15) is 71.6 Å². The van der Waals surface area contributed by atoms with Gasteiger partial charge in [0.15, 0.2) is 12.4 Å². The summed E-state index contributed by atoms with van der Waals surface area (Å²) in [5, 5.41) is 31.6. The largest absolute Gasteiger partial charge is 0.481 e. The highest BCUT2D eigenvalue weighted by atomic mass is 16.5. The van der Waals surface area contributed by atoms with Crippen molar-refractivity contribution in [3.63, 3.8) is 0 Å². The molecule has 0 radical (unpaired) electrons. The Balaban J connectivity index is 0.00000324. The van der Waals surface area contributed by atoms with Gasteiger partial charge in [-0.2, -0.15) is 0 Å². The molecule has 190 valence electrons. The highest BCUT2D eigenvalue weighted by Crippen LogP contribution is 2.67. The van der Waals surface area contributed by atoms with Crippen molar-refractivity contribution in [3.05, 3.63) is 11.6 Å². The van der Waals surface area contributed by atoms with E-state index in [1.807, 2.05) is 6.92 Å². The average molecular weight is 481 g/mol. The lowest BCUT2D eigenvalue weighted by Gasteiger charge is -2.60. The van der Waals surface area contributed by atoms with Crippen LogP contribution in [0.2, 0.25) is 0 Å². The molecule has 0 aromatic heterocycles. The van der Waals surface area contributed by atoms with Crippen molar-refractivity contribution in [2.24, 2.45) is 28.6 Å². The van der Waals surface area contributed by atoms with E-state index in [0.717, 1.165) is 24.8 Å². The predicted octanol–water partition coefficient (Wildman–Crippen LogP) is 1.37. The molecule has 4 aliphatic carbocycles. The van der Waals surface area contributed by atoms with Gasteiger partial charge in [0, 0.05) is 11.8 Å². The van der Waals surface area contributed by atoms with Crippen molar-refractivity contribution in [2.45, 2.75) is 83.3 Å². The van der Waals surface area contributed by atoms with Gasteiger partial charge in [0.1, 0.15) is 5.60 Å². The summed E-state index contributed by atoms with van der Waals surface area (Å²) >= 11 is 0. The maximum Gasteiger partial charge on any atom is 0.306 e. The molecule has 34 heavy (non-hydrogen) atoms. The Bertz CT molecular complexity index is 910. The quantitative estimate of drug-likeness (QED) is 0.479. The minimum absolute atomic E-state index is 0. The standard InChI is InChI=1S/C25H34O8.H2O/c1-23-9-7-15(26)11-14(23)3-4-16-17-8-10-25(32,24(17,2)12-18(27)22(16)23)19(28)13-33-21(31)6-5-20(29)30;/h11,16-18,22,27,32H,3-10,12-13H2,1-2H3,(H,29,30);1H2/t16-,17-,18-,22-,23-,24-,25-;/m0./s1. The molecule has 3 fully saturated rings. The number of rotatable bonds is 6. The summed E-state index contributed by atoms with van der Waals surface area (Å²) in [6.45, 7) is 3.41. The predicted molar refractivity (Wildman–Crippen MR) is 119 cm³/mol. The first-order valence-electron chi connectivity index (χ1n) is 12.0. The van der Waals surface area contributed by atoms with Crippen LogP contribution in [-0.4, -0.2) is 62.6 Å². The van der Waals surface area contributed by atoms with Crippen molar-refractivity contribution >= 4 is 23.5 Å². The van der Waals surface area contributed by atoms with Crippen molar-refractivity contribution < 1.29 is 44.7 Å². The van der Waals surface area contributed by atoms with Crippen molar-refractivity contribution in [1.82, 2.24) is 0 Å². The molecule has 0 aliphatic heterocycles. The molecule has 7 atom stereocenters. The van der Waals surface area contributed by atoms with Gasteiger partial charge in [-0.05, 0) is 67.8 Å².